The fourth-order valence-electron chi connectivity index (χ4n) is 1.30. The van der Waals surface area contributed by atoms with E-state index in [4.69, 9.17) is 11.5 Å². The molecule has 0 aliphatic heterocycles. The average Bonchev–Trinajstić information content (AvgIpc) is 2.54. The topological polar surface area (TPSA) is 81.9 Å². The Hall–Kier alpha value is -1.91. The molecule has 5 N–H and O–H groups in total. The molecule has 0 saturated carbocycles. The lowest BCUT2D eigenvalue weighted by Gasteiger charge is -2.03. The first-order valence-electron chi connectivity index (χ1n) is 4.66. The minimum absolute atomic E-state index is 0.567. The van der Waals surface area contributed by atoms with Gasteiger partial charge in [-0.1, -0.05) is 0 Å². The molecule has 0 fully saturated rings. The molecule has 0 aliphatic carbocycles. The largest absolute Gasteiger partial charge is 0.397 e. The Morgan fingerprint density at radius 3 is 2.60 bits per heavy atom. The van der Waals surface area contributed by atoms with Gasteiger partial charge in [-0.15, -0.1) is 0 Å². The van der Waals surface area contributed by atoms with Gasteiger partial charge in [0, 0.05) is 14.1 Å². The zero-order valence-corrected chi connectivity index (χ0v) is 9.28. The third kappa shape index (κ3) is 2.52. The van der Waals surface area contributed by atoms with Crippen LogP contribution < -0.4 is 16.8 Å². The molecule has 0 spiro atoms. The van der Waals surface area contributed by atoms with Gasteiger partial charge in [-0.25, -0.2) is 0 Å². The molecule has 1 aromatic rings. The molecule has 0 atom stereocenters. The first kappa shape index (κ1) is 11.2. The van der Waals surface area contributed by atoms with Crippen molar-refractivity contribution >= 4 is 5.70 Å². The maximum Gasteiger partial charge on any atom is 0.0958 e. The number of hydrogen-bond donors (Lipinski definition) is 3. The van der Waals surface area contributed by atoms with Crippen LogP contribution in [0.25, 0.3) is 5.70 Å². The highest BCUT2D eigenvalue weighted by molar-refractivity contribution is 5.63. The van der Waals surface area contributed by atoms with Gasteiger partial charge in [-0.05, 0) is 24.6 Å². The Kier molecular flexibility index (Phi) is 3.38. The zero-order chi connectivity index (χ0) is 11.4. The van der Waals surface area contributed by atoms with Crippen molar-refractivity contribution < 1.29 is 0 Å². The molecule has 0 radical (unpaired) electrons. The standard InChI is InChI=1S/C10H17N5/c1-7-6-14-15(3)10(7)8(11)4-5-9(12)13-2/h4-6,13H,11-12H2,1-3H3/b8-4-,9-5+. The highest BCUT2D eigenvalue weighted by Gasteiger charge is 2.05. The van der Waals surface area contributed by atoms with Crippen LogP contribution in [0, 0.1) is 6.92 Å². The molecule has 1 rings (SSSR count). The fraction of sp³-hybridized carbons (Fsp3) is 0.300. The minimum Gasteiger partial charge on any atom is -0.397 e. The highest BCUT2D eigenvalue weighted by atomic mass is 15.3. The van der Waals surface area contributed by atoms with Gasteiger partial charge < -0.3 is 16.8 Å². The SMILES string of the molecule is CN/C(N)=C/C=C(\N)c1c(C)cnn1C. The second kappa shape index (κ2) is 4.54. The van der Waals surface area contributed by atoms with Crippen LogP contribution >= 0.6 is 0 Å². The lowest BCUT2D eigenvalue weighted by molar-refractivity contribution is 0.754. The zero-order valence-electron chi connectivity index (χ0n) is 9.28. The lowest BCUT2D eigenvalue weighted by atomic mass is 10.2. The van der Waals surface area contributed by atoms with Gasteiger partial charge in [0.2, 0.25) is 0 Å². The molecule has 0 aliphatic rings. The van der Waals surface area contributed by atoms with Crippen LogP contribution in [-0.2, 0) is 7.05 Å². The molecular weight excluding hydrogens is 190 g/mol. The van der Waals surface area contributed by atoms with Crippen molar-refractivity contribution in [2.45, 2.75) is 6.92 Å². The minimum atomic E-state index is 0.567. The molecule has 0 unspecified atom stereocenters. The summed E-state index contributed by atoms with van der Waals surface area (Å²) in [4.78, 5) is 0. The Morgan fingerprint density at radius 1 is 1.47 bits per heavy atom. The monoisotopic (exact) mass is 207 g/mol. The van der Waals surface area contributed by atoms with E-state index in [2.05, 4.69) is 10.4 Å². The van der Waals surface area contributed by atoms with Gasteiger partial charge in [0.25, 0.3) is 0 Å². The number of allylic oxidation sites excluding steroid dienone is 2. The van der Waals surface area contributed by atoms with E-state index in [0.29, 0.717) is 11.5 Å². The molecule has 1 heterocycles. The quantitative estimate of drug-likeness (QED) is 0.612. The molecule has 1 aromatic heterocycles. The first-order chi connectivity index (χ1) is 7.06. The van der Waals surface area contributed by atoms with Gasteiger partial charge >= 0.3 is 0 Å². The summed E-state index contributed by atoms with van der Waals surface area (Å²) < 4.78 is 1.74. The van der Waals surface area contributed by atoms with Crippen molar-refractivity contribution in [2.24, 2.45) is 18.5 Å². The molecule has 0 aromatic carbocycles. The van der Waals surface area contributed by atoms with E-state index >= 15 is 0 Å². The number of aromatic nitrogens is 2. The number of hydrogen-bond acceptors (Lipinski definition) is 4. The first-order valence-corrected chi connectivity index (χ1v) is 4.66. The Bertz CT molecular complexity index is 380. The molecule has 82 valence electrons. The number of nitrogens with two attached hydrogens (primary N) is 2. The van der Waals surface area contributed by atoms with E-state index < -0.39 is 0 Å². The summed E-state index contributed by atoms with van der Waals surface area (Å²) in [5.74, 6) is 0.567. The average molecular weight is 207 g/mol. The van der Waals surface area contributed by atoms with Crippen LogP contribution in [0.4, 0.5) is 0 Å². The van der Waals surface area contributed by atoms with Crippen molar-refractivity contribution in [3.8, 4) is 0 Å². The van der Waals surface area contributed by atoms with Gasteiger partial charge in [-0.3, -0.25) is 4.68 Å². The number of rotatable bonds is 3. The van der Waals surface area contributed by atoms with Crippen LogP contribution in [0.2, 0.25) is 0 Å². The van der Waals surface area contributed by atoms with E-state index in [0.717, 1.165) is 11.3 Å². The summed E-state index contributed by atoms with van der Waals surface area (Å²) in [5.41, 5.74) is 14.1. The van der Waals surface area contributed by atoms with Crippen LogP contribution in [-0.4, -0.2) is 16.8 Å². The van der Waals surface area contributed by atoms with Crippen molar-refractivity contribution in [1.82, 2.24) is 15.1 Å². The third-order valence-electron chi connectivity index (χ3n) is 2.13. The normalized spacial score (nSPS) is 13.0. The third-order valence-corrected chi connectivity index (χ3v) is 2.13. The van der Waals surface area contributed by atoms with Crippen molar-refractivity contribution in [3.05, 3.63) is 35.4 Å². The van der Waals surface area contributed by atoms with Crippen LogP contribution in [0.1, 0.15) is 11.3 Å². The van der Waals surface area contributed by atoms with Crippen molar-refractivity contribution in [1.29, 1.82) is 0 Å². The molecule has 15 heavy (non-hydrogen) atoms. The van der Waals surface area contributed by atoms with E-state index in [1.807, 2.05) is 14.0 Å². The second-order valence-corrected chi connectivity index (χ2v) is 3.29. The van der Waals surface area contributed by atoms with E-state index in [-0.39, 0.29) is 0 Å². The molecule has 5 nitrogen and oxygen atoms in total. The number of nitrogens with zero attached hydrogens (tertiary/aromatic N) is 2. The molecule has 0 bridgehead atoms. The van der Waals surface area contributed by atoms with Gasteiger partial charge in [0.1, 0.15) is 0 Å². The van der Waals surface area contributed by atoms with E-state index in [9.17, 15) is 0 Å². The molecule has 5 heteroatoms. The van der Waals surface area contributed by atoms with Gasteiger partial charge in [-0.2, -0.15) is 5.10 Å². The molecular formula is C10H17N5. The maximum atomic E-state index is 5.92. The summed E-state index contributed by atoms with van der Waals surface area (Å²) in [6.07, 6.45) is 5.26. The number of aryl methyl sites for hydroxylation is 2. The van der Waals surface area contributed by atoms with Gasteiger partial charge in [0.05, 0.1) is 23.4 Å². The second-order valence-electron chi connectivity index (χ2n) is 3.29. The van der Waals surface area contributed by atoms with E-state index in [1.165, 1.54) is 0 Å². The van der Waals surface area contributed by atoms with E-state index in [1.54, 1.807) is 30.1 Å². The highest BCUT2D eigenvalue weighted by Crippen LogP contribution is 2.12. The summed E-state index contributed by atoms with van der Waals surface area (Å²) >= 11 is 0. The van der Waals surface area contributed by atoms with Crippen LogP contribution in [0.5, 0.6) is 0 Å². The fourth-order valence-corrected chi connectivity index (χ4v) is 1.30. The summed E-state index contributed by atoms with van der Waals surface area (Å²) in [5, 5.41) is 6.92. The molecule has 0 amide bonds. The smallest absolute Gasteiger partial charge is 0.0958 e. The van der Waals surface area contributed by atoms with Gasteiger partial charge in [0.15, 0.2) is 0 Å². The lowest BCUT2D eigenvalue weighted by Crippen LogP contribution is -2.14. The predicted molar refractivity (Wildman–Crippen MR) is 61.4 cm³/mol. The summed E-state index contributed by atoms with van der Waals surface area (Å²) in [7, 11) is 3.61. The summed E-state index contributed by atoms with van der Waals surface area (Å²) in [6, 6.07) is 0. The van der Waals surface area contributed by atoms with Crippen LogP contribution in [0.3, 0.4) is 0 Å². The van der Waals surface area contributed by atoms with Crippen molar-refractivity contribution in [2.75, 3.05) is 7.05 Å². The predicted octanol–water partition coefficient (Wildman–Crippen LogP) is 0.0476. The summed E-state index contributed by atoms with van der Waals surface area (Å²) in [6.45, 7) is 1.97. The molecule has 0 saturated heterocycles. The maximum absolute atomic E-state index is 5.92. The van der Waals surface area contributed by atoms with Crippen LogP contribution in [0.15, 0.2) is 24.2 Å². The Morgan fingerprint density at radius 2 is 2.13 bits per heavy atom. The van der Waals surface area contributed by atoms with Crippen molar-refractivity contribution in [3.63, 3.8) is 0 Å². The Labute approximate surface area is 89.4 Å². The Balaban J connectivity index is 2.99. The number of nitrogens with one attached hydrogen (secondary N) is 1.